The van der Waals surface area contributed by atoms with Gasteiger partial charge >= 0.3 is 0 Å². The van der Waals surface area contributed by atoms with E-state index >= 15 is 0 Å². The Morgan fingerprint density at radius 3 is 3.00 bits per heavy atom. The van der Waals surface area contributed by atoms with Crippen LogP contribution in [0.5, 0.6) is 0 Å². The highest BCUT2D eigenvalue weighted by atomic mass is 16.5. The SMILES string of the molecule is COCCC1(C#N)CCOC1. The quantitative estimate of drug-likeness (QED) is 0.609. The zero-order chi connectivity index (χ0) is 8.16. The average Bonchev–Trinajstić information content (AvgIpc) is 2.50. The number of hydrogen-bond acceptors (Lipinski definition) is 3. The Morgan fingerprint density at radius 2 is 2.55 bits per heavy atom. The van der Waals surface area contributed by atoms with Crippen molar-refractivity contribution in [3.63, 3.8) is 0 Å². The maximum Gasteiger partial charge on any atom is 0.0850 e. The highest BCUT2D eigenvalue weighted by molar-refractivity contribution is 5.01. The van der Waals surface area contributed by atoms with Gasteiger partial charge in [-0.25, -0.2) is 0 Å². The van der Waals surface area contributed by atoms with Gasteiger partial charge in [-0.1, -0.05) is 0 Å². The summed E-state index contributed by atoms with van der Waals surface area (Å²) in [5.41, 5.74) is -0.254. The van der Waals surface area contributed by atoms with Crippen molar-refractivity contribution < 1.29 is 9.47 Å². The molecule has 62 valence electrons. The molecule has 0 aromatic rings. The van der Waals surface area contributed by atoms with Crippen molar-refractivity contribution >= 4 is 0 Å². The summed E-state index contributed by atoms with van der Waals surface area (Å²) in [6.45, 7) is 1.95. The third-order valence-electron chi connectivity index (χ3n) is 2.13. The molecule has 1 aliphatic rings. The van der Waals surface area contributed by atoms with Crippen LogP contribution in [0.2, 0.25) is 0 Å². The van der Waals surface area contributed by atoms with Crippen LogP contribution >= 0.6 is 0 Å². The first-order valence-electron chi connectivity index (χ1n) is 3.81. The molecule has 3 nitrogen and oxygen atoms in total. The largest absolute Gasteiger partial charge is 0.385 e. The van der Waals surface area contributed by atoms with Crippen LogP contribution in [0.3, 0.4) is 0 Å². The first-order valence-corrected chi connectivity index (χ1v) is 3.81. The van der Waals surface area contributed by atoms with Crippen molar-refractivity contribution in [1.82, 2.24) is 0 Å². The Bertz CT molecular complexity index is 156. The highest BCUT2D eigenvalue weighted by Crippen LogP contribution is 2.31. The standard InChI is InChI=1S/C8H13NO2/c1-10-4-2-8(6-9)3-5-11-7-8/h2-5,7H2,1H3. The minimum Gasteiger partial charge on any atom is -0.385 e. The maximum absolute atomic E-state index is 8.86. The van der Waals surface area contributed by atoms with E-state index in [0.29, 0.717) is 13.2 Å². The number of methoxy groups -OCH3 is 1. The van der Waals surface area contributed by atoms with E-state index in [2.05, 4.69) is 6.07 Å². The van der Waals surface area contributed by atoms with Gasteiger partial charge in [-0.2, -0.15) is 5.26 Å². The van der Waals surface area contributed by atoms with Gasteiger partial charge in [0, 0.05) is 20.3 Å². The van der Waals surface area contributed by atoms with E-state index in [1.54, 1.807) is 7.11 Å². The maximum atomic E-state index is 8.86. The summed E-state index contributed by atoms with van der Waals surface area (Å²) in [6.07, 6.45) is 1.65. The Hall–Kier alpha value is -0.590. The van der Waals surface area contributed by atoms with Gasteiger partial charge in [-0.15, -0.1) is 0 Å². The molecule has 1 heterocycles. The van der Waals surface area contributed by atoms with Gasteiger partial charge in [0.05, 0.1) is 18.1 Å². The lowest BCUT2D eigenvalue weighted by Gasteiger charge is -2.16. The van der Waals surface area contributed by atoms with Gasteiger partial charge in [0.1, 0.15) is 0 Å². The summed E-state index contributed by atoms with van der Waals surface area (Å²) >= 11 is 0. The Labute approximate surface area is 66.9 Å². The van der Waals surface area contributed by atoms with Crippen LogP contribution in [0.15, 0.2) is 0 Å². The molecular formula is C8H13NO2. The molecule has 1 rings (SSSR count). The fourth-order valence-electron chi connectivity index (χ4n) is 1.25. The van der Waals surface area contributed by atoms with Crippen LogP contribution in [0.25, 0.3) is 0 Å². The summed E-state index contributed by atoms with van der Waals surface area (Å²) in [7, 11) is 1.65. The van der Waals surface area contributed by atoms with E-state index in [4.69, 9.17) is 14.7 Å². The van der Waals surface area contributed by atoms with E-state index in [9.17, 15) is 0 Å². The molecule has 0 radical (unpaired) electrons. The summed E-state index contributed by atoms with van der Waals surface area (Å²) in [6, 6.07) is 2.31. The summed E-state index contributed by atoms with van der Waals surface area (Å²) in [4.78, 5) is 0. The van der Waals surface area contributed by atoms with Crippen LogP contribution in [0.1, 0.15) is 12.8 Å². The second-order valence-corrected chi connectivity index (χ2v) is 2.94. The van der Waals surface area contributed by atoms with Crippen LogP contribution in [-0.4, -0.2) is 26.9 Å². The smallest absolute Gasteiger partial charge is 0.0850 e. The van der Waals surface area contributed by atoms with Crippen LogP contribution in [-0.2, 0) is 9.47 Å². The fourth-order valence-corrected chi connectivity index (χ4v) is 1.25. The molecule has 0 aromatic heterocycles. The second-order valence-electron chi connectivity index (χ2n) is 2.94. The lowest BCUT2D eigenvalue weighted by Crippen LogP contribution is -2.20. The van der Waals surface area contributed by atoms with Crippen LogP contribution < -0.4 is 0 Å². The molecule has 0 amide bonds. The molecule has 1 unspecified atom stereocenters. The monoisotopic (exact) mass is 155 g/mol. The number of rotatable bonds is 3. The van der Waals surface area contributed by atoms with E-state index < -0.39 is 0 Å². The van der Waals surface area contributed by atoms with E-state index in [0.717, 1.165) is 19.4 Å². The van der Waals surface area contributed by atoms with Gasteiger partial charge in [-0.05, 0) is 12.8 Å². The first-order chi connectivity index (χ1) is 5.33. The van der Waals surface area contributed by atoms with Crippen molar-refractivity contribution in [2.45, 2.75) is 12.8 Å². The first kappa shape index (κ1) is 8.51. The average molecular weight is 155 g/mol. The van der Waals surface area contributed by atoms with Gasteiger partial charge in [0.25, 0.3) is 0 Å². The van der Waals surface area contributed by atoms with E-state index in [1.165, 1.54) is 0 Å². The summed E-state index contributed by atoms with van der Waals surface area (Å²) in [5, 5.41) is 8.86. The molecule has 11 heavy (non-hydrogen) atoms. The third-order valence-corrected chi connectivity index (χ3v) is 2.13. The predicted molar refractivity (Wildman–Crippen MR) is 40.0 cm³/mol. The topological polar surface area (TPSA) is 42.2 Å². The van der Waals surface area contributed by atoms with E-state index in [-0.39, 0.29) is 5.41 Å². The molecule has 1 fully saturated rings. The zero-order valence-electron chi connectivity index (χ0n) is 6.80. The summed E-state index contributed by atoms with van der Waals surface area (Å²) in [5.74, 6) is 0. The number of hydrogen-bond donors (Lipinski definition) is 0. The van der Waals surface area contributed by atoms with Gasteiger partial charge in [-0.3, -0.25) is 0 Å². The molecule has 0 spiro atoms. The van der Waals surface area contributed by atoms with Crippen molar-refractivity contribution in [2.24, 2.45) is 5.41 Å². The number of nitriles is 1. The number of ether oxygens (including phenoxy) is 2. The van der Waals surface area contributed by atoms with E-state index in [1.807, 2.05) is 0 Å². The molecule has 0 saturated carbocycles. The van der Waals surface area contributed by atoms with Gasteiger partial charge in [0.2, 0.25) is 0 Å². The van der Waals surface area contributed by atoms with Gasteiger partial charge < -0.3 is 9.47 Å². The van der Waals surface area contributed by atoms with Crippen molar-refractivity contribution in [3.05, 3.63) is 0 Å². The molecule has 0 aromatic carbocycles. The minimum absolute atomic E-state index is 0.254. The third kappa shape index (κ3) is 1.92. The van der Waals surface area contributed by atoms with Crippen molar-refractivity contribution in [2.75, 3.05) is 26.9 Å². The van der Waals surface area contributed by atoms with Crippen LogP contribution in [0, 0.1) is 16.7 Å². The fraction of sp³-hybridized carbons (Fsp3) is 0.875. The lowest BCUT2D eigenvalue weighted by atomic mass is 9.86. The lowest BCUT2D eigenvalue weighted by molar-refractivity contribution is 0.134. The zero-order valence-corrected chi connectivity index (χ0v) is 6.80. The minimum atomic E-state index is -0.254. The molecule has 1 atom stereocenters. The Kier molecular flexibility index (Phi) is 2.86. The van der Waals surface area contributed by atoms with Crippen molar-refractivity contribution in [1.29, 1.82) is 5.26 Å². The number of nitrogens with zero attached hydrogens (tertiary/aromatic N) is 1. The normalized spacial score (nSPS) is 30.2. The second kappa shape index (κ2) is 3.70. The van der Waals surface area contributed by atoms with Gasteiger partial charge in [0.15, 0.2) is 0 Å². The predicted octanol–water partition coefficient (Wildman–Crippen LogP) is 0.953. The highest BCUT2D eigenvalue weighted by Gasteiger charge is 2.34. The molecule has 0 aliphatic carbocycles. The van der Waals surface area contributed by atoms with Crippen molar-refractivity contribution in [3.8, 4) is 6.07 Å². The Balaban J connectivity index is 2.41. The Morgan fingerprint density at radius 1 is 1.73 bits per heavy atom. The summed E-state index contributed by atoms with van der Waals surface area (Å²) < 4.78 is 10.1. The van der Waals surface area contributed by atoms with Crippen LogP contribution in [0.4, 0.5) is 0 Å². The molecule has 1 saturated heterocycles. The molecule has 0 bridgehead atoms. The molecule has 1 aliphatic heterocycles. The molecule has 0 N–H and O–H groups in total. The molecule has 3 heteroatoms. The molecular weight excluding hydrogens is 142 g/mol.